The minimum Gasteiger partial charge on any atom is -0.491 e. The summed E-state index contributed by atoms with van der Waals surface area (Å²) < 4.78 is 5.66. The summed E-state index contributed by atoms with van der Waals surface area (Å²) in [6, 6.07) is 13.2. The molecule has 2 N–H and O–H groups in total. The average Bonchev–Trinajstić information content (AvgIpc) is 2.56. The minimum absolute atomic E-state index is 0.0330. The predicted molar refractivity (Wildman–Crippen MR) is 88.2 cm³/mol. The van der Waals surface area contributed by atoms with Crippen molar-refractivity contribution in [2.24, 2.45) is 0 Å². The molecule has 5 nitrogen and oxygen atoms in total. The summed E-state index contributed by atoms with van der Waals surface area (Å²) in [7, 11) is 0. The Morgan fingerprint density at radius 1 is 1.04 bits per heavy atom. The van der Waals surface area contributed by atoms with Crippen LogP contribution in [-0.2, 0) is 0 Å². The fourth-order valence-corrected chi connectivity index (χ4v) is 2.08. The maximum atomic E-state index is 12.4. The van der Waals surface area contributed by atoms with Gasteiger partial charge in [0, 0.05) is 0 Å². The molecule has 0 aliphatic heterocycles. The molecule has 5 heteroatoms. The Balaban J connectivity index is 2.19. The van der Waals surface area contributed by atoms with E-state index in [1.807, 2.05) is 6.07 Å². The van der Waals surface area contributed by atoms with Crippen molar-refractivity contribution in [3.8, 4) is 5.75 Å². The van der Waals surface area contributed by atoms with Crippen LogP contribution in [0.25, 0.3) is 0 Å². The van der Waals surface area contributed by atoms with Gasteiger partial charge in [-0.15, -0.1) is 0 Å². The molecule has 0 aromatic heterocycles. The molecule has 0 fully saturated rings. The lowest BCUT2D eigenvalue weighted by Gasteiger charge is -2.13. The highest BCUT2D eigenvalue weighted by Crippen LogP contribution is 2.25. The molecule has 0 aliphatic carbocycles. The molecule has 1 amide bonds. The molecule has 0 spiro atoms. The summed E-state index contributed by atoms with van der Waals surface area (Å²) in [5.74, 6) is -1.04. The normalized spacial score (nSPS) is 10.1. The van der Waals surface area contributed by atoms with Gasteiger partial charge in [-0.25, -0.2) is 4.79 Å². The second kappa shape index (κ2) is 7.98. The molecule has 23 heavy (non-hydrogen) atoms. The minimum atomic E-state index is -1.14. The van der Waals surface area contributed by atoms with Gasteiger partial charge in [-0.2, -0.15) is 0 Å². The third-order valence-corrected chi connectivity index (χ3v) is 3.29. The van der Waals surface area contributed by atoms with Crippen LogP contribution in [0.4, 0.5) is 5.69 Å². The Labute approximate surface area is 134 Å². The van der Waals surface area contributed by atoms with Gasteiger partial charge in [0.1, 0.15) is 5.75 Å². The van der Waals surface area contributed by atoms with Gasteiger partial charge in [0.05, 0.1) is 23.4 Å². The van der Waals surface area contributed by atoms with E-state index in [-0.39, 0.29) is 11.1 Å². The maximum absolute atomic E-state index is 12.4. The quantitative estimate of drug-likeness (QED) is 0.762. The van der Waals surface area contributed by atoms with E-state index < -0.39 is 11.9 Å². The van der Waals surface area contributed by atoms with Crippen LogP contribution in [0.5, 0.6) is 5.75 Å². The van der Waals surface area contributed by atoms with Crippen LogP contribution >= 0.6 is 0 Å². The van der Waals surface area contributed by atoms with Gasteiger partial charge in [0.25, 0.3) is 5.91 Å². The molecule has 0 aliphatic rings. The van der Waals surface area contributed by atoms with E-state index in [2.05, 4.69) is 12.2 Å². The number of para-hydroxylation sites is 2. The number of carbonyl (C=O) groups excluding carboxylic acids is 1. The standard InChI is InChI=1S/C18H19NO4/c1-2-3-12-23-16-11-7-6-10-15(16)19-17(20)13-8-4-5-9-14(13)18(21)22/h4-11H,2-3,12H2,1H3,(H,19,20)(H,21,22). The Morgan fingerprint density at radius 3 is 2.39 bits per heavy atom. The molecule has 0 heterocycles. The second-order valence-electron chi connectivity index (χ2n) is 5.00. The van der Waals surface area contributed by atoms with Gasteiger partial charge in [-0.3, -0.25) is 4.79 Å². The zero-order chi connectivity index (χ0) is 16.7. The van der Waals surface area contributed by atoms with Crippen LogP contribution < -0.4 is 10.1 Å². The van der Waals surface area contributed by atoms with Crippen molar-refractivity contribution in [2.45, 2.75) is 19.8 Å². The first-order valence-corrected chi connectivity index (χ1v) is 7.49. The molecule has 0 unspecified atom stereocenters. The molecule has 0 bridgehead atoms. The van der Waals surface area contributed by atoms with Crippen molar-refractivity contribution < 1.29 is 19.4 Å². The number of rotatable bonds is 7. The summed E-state index contributed by atoms with van der Waals surface area (Å²) >= 11 is 0. The van der Waals surface area contributed by atoms with E-state index >= 15 is 0 Å². The number of hydrogen-bond donors (Lipinski definition) is 2. The third-order valence-electron chi connectivity index (χ3n) is 3.29. The van der Waals surface area contributed by atoms with E-state index in [0.717, 1.165) is 12.8 Å². The molecule has 120 valence electrons. The smallest absolute Gasteiger partial charge is 0.336 e. The highest BCUT2D eigenvalue weighted by atomic mass is 16.5. The van der Waals surface area contributed by atoms with Crippen LogP contribution in [0.1, 0.15) is 40.5 Å². The number of anilines is 1. The summed E-state index contributed by atoms with van der Waals surface area (Å²) in [5.41, 5.74) is 0.603. The molecule has 0 radical (unpaired) electrons. The van der Waals surface area contributed by atoms with Gasteiger partial charge in [-0.05, 0) is 30.7 Å². The topological polar surface area (TPSA) is 75.6 Å². The van der Waals surface area contributed by atoms with Crippen molar-refractivity contribution in [3.05, 3.63) is 59.7 Å². The maximum Gasteiger partial charge on any atom is 0.336 e. The summed E-state index contributed by atoms with van der Waals surface area (Å²) in [5, 5.41) is 11.9. The summed E-state index contributed by atoms with van der Waals surface area (Å²) in [6.45, 7) is 2.63. The molecular formula is C18H19NO4. The van der Waals surface area contributed by atoms with Crippen molar-refractivity contribution in [2.75, 3.05) is 11.9 Å². The number of hydrogen-bond acceptors (Lipinski definition) is 3. The van der Waals surface area contributed by atoms with Crippen LogP contribution in [-0.4, -0.2) is 23.6 Å². The lowest BCUT2D eigenvalue weighted by Crippen LogP contribution is -2.17. The van der Waals surface area contributed by atoms with Gasteiger partial charge >= 0.3 is 5.97 Å². The van der Waals surface area contributed by atoms with Gasteiger partial charge in [-0.1, -0.05) is 37.6 Å². The van der Waals surface area contributed by atoms with Gasteiger partial charge < -0.3 is 15.2 Å². The molecule has 2 rings (SSSR count). The lowest BCUT2D eigenvalue weighted by molar-refractivity contribution is 0.0692. The molecule has 0 atom stereocenters. The van der Waals surface area contributed by atoms with Crippen LogP contribution in [0.15, 0.2) is 48.5 Å². The summed E-state index contributed by atoms with van der Waals surface area (Å²) in [6.07, 6.45) is 1.94. The Morgan fingerprint density at radius 2 is 1.70 bits per heavy atom. The number of aromatic carboxylic acids is 1. The monoisotopic (exact) mass is 313 g/mol. The molecule has 2 aromatic carbocycles. The number of carbonyl (C=O) groups is 2. The van der Waals surface area contributed by atoms with E-state index in [1.54, 1.807) is 30.3 Å². The first kappa shape index (κ1) is 16.5. The van der Waals surface area contributed by atoms with Crippen molar-refractivity contribution >= 4 is 17.6 Å². The SMILES string of the molecule is CCCCOc1ccccc1NC(=O)c1ccccc1C(=O)O. The van der Waals surface area contributed by atoms with Crippen LogP contribution in [0, 0.1) is 0 Å². The fraction of sp³-hybridized carbons (Fsp3) is 0.222. The number of benzene rings is 2. The molecule has 0 saturated heterocycles. The zero-order valence-electron chi connectivity index (χ0n) is 12.9. The fourth-order valence-electron chi connectivity index (χ4n) is 2.08. The van der Waals surface area contributed by atoms with Crippen LogP contribution in [0.3, 0.4) is 0 Å². The number of unbranched alkanes of at least 4 members (excludes halogenated alkanes) is 1. The largest absolute Gasteiger partial charge is 0.491 e. The lowest BCUT2D eigenvalue weighted by atomic mass is 10.1. The zero-order valence-corrected chi connectivity index (χ0v) is 12.9. The van der Waals surface area contributed by atoms with E-state index in [0.29, 0.717) is 18.0 Å². The molecule has 2 aromatic rings. The first-order valence-electron chi connectivity index (χ1n) is 7.49. The Bertz CT molecular complexity index is 697. The number of carboxylic acid groups (broad SMARTS) is 1. The number of amides is 1. The number of nitrogens with one attached hydrogen (secondary N) is 1. The number of ether oxygens (including phenoxy) is 1. The van der Waals surface area contributed by atoms with Crippen LogP contribution in [0.2, 0.25) is 0 Å². The van der Waals surface area contributed by atoms with E-state index in [1.165, 1.54) is 12.1 Å². The van der Waals surface area contributed by atoms with Crippen molar-refractivity contribution in [1.82, 2.24) is 0 Å². The average molecular weight is 313 g/mol. The van der Waals surface area contributed by atoms with Crippen molar-refractivity contribution in [3.63, 3.8) is 0 Å². The summed E-state index contributed by atoms with van der Waals surface area (Å²) in [4.78, 5) is 23.6. The highest BCUT2D eigenvalue weighted by Gasteiger charge is 2.17. The Hall–Kier alpha value is -2.82. The van der Waals surface area contributed by atoms with Gasteiger partial charge in [0.15, 0.2) is 0 Å². The van der Waals surface area contributed by atoms with E-state index in [9.17, 15) is 14.7 Å². The van der Waals surface area contributed by atoms with E-state index in [4.69, 9.17) is 4.74 Å². The van der Waals surface area contributed by atoms with Gasteiger partial charge in [0.2, 0.25) is 0 Å². The third kappa shape index (κ3) is 4.32. The van der Waals surface area contributed by atoms with Crippen molar-refractivity contribution in [1.29, 1.82) is 0 Å². The molecule has 0 saturated carbocycles. The highest BCUT2D eigenvalue weighted by molar-refractivity contribution is 6.11. The predicted octanol–water partition coefficient (Wildman–Crippen LogP) is 3.82. The Kier molecular flexibility index (Phi) is 5.74. The second-order valence-corrected chi connectivity index (χ2v) is 5.00. The molecular weight excluding hydrogens is 294 g/mol. The first-order chi connectivity index (χ1) is 11.1. The number of carboxylic acids is 1.